The summed E-state index contributed by atoms with van der Waals surface area (Å²) in [4.78, 5) is 2.45. The molecule has 3 rings (SSSR count). The molecule has 1 aliphatic rings. The molecule has 116 valence electrons. The first-order chi connectivity index (χ1) is 10.7. The first-order valence-electron chi connectivity index (χ1n) is 8.11. The maximum absolute atomic E-state index is 5.96. The van der Waals surface area contributed by atoms with Gasteiger partial charge in [-0.15, -0.1) is 0 Å². The van der Waals surface area contributed by atoms with E-state index in [0.29, 0.717) is 0 Å². The van der Waals surface area contributed by atoms with Gasteiger partial charge in [0.25, 0.3) is 0 Å². The van der Waals surface area contributed by atoms with Gasteiger partial charge in [0.05, 0.1) is 0 Å². The molecule has 1 fully saturated rings. The van der Waals surface area contributed by atoms with Gasteiger partial charge >= 0.3 is 0 Å². The van der Waals surface area contributed by atoms with Gasteiger partial charge in [-0.3, -0.25) is 0 Å². The molecule has 2 aromatic carbocycles. The minimum Gasteiger partial charge on any atom is -0.399 e. The van der Waals surface area contributed by atoms with Crippen molar-refractivity contribution in [3.63, 3.8) is 0 Å². The number of nitrogen functional groups attached to an aromatic ring is 1. The molecule has 0 bridgehead atoms. The Morgan fingerprint density at radius 1 is 0.955 bits per heavy atom. The van der Waals surface area contributed by atoms with Crippen LogP contribution >= 0.6 is 11.8 Å². The van der Waals surface area contributed by atoms with E-state index in [-0.39, 0.29) is 0 Å². The third-order valence-corrected chi connectivity index (χ3v) is 5.39. The minimum atomic E-state index is 0.774. The number of benzene rings is 2. The first-order valence-corrected chi connectivity index (χ1v) is 8.92. The van der Waals surface area contributed by atoms with E-state index in [4.69, 9.17) is 5.73 Å². The van der Waals surface area contributed by atoms with Gasteiger partial charge in [0.2, 0.25) is 0 Å². The standard InChI is InChI=1S/C19H24N2S/c1-21-17-11-16(20)12-19(13-17)22-18-9-7-15(8-10-18)14-5-3-2-4-6-14/h7-14,21H,2-6,20H2,1H3. The molecule has 0 aromatic heterocycles. The average molecular weight is 312 g/mol. The molecule has 0 spiro atoms. The summed E-state index contributed by atoms with van der Waals surface area (Å²) < 4.78 is 0. The van der Waals surface area contributed by atoms with Crippen LogP contribution in [0, 0.1) is 0 Å². The molecule has 2 aromatic rings. The molecular formula is C19H24N2S. The van der Waals surface area contributed by atoms with Gasteiger partial charge in [-0.05, 0) is 54.7 Å². The lowest BCUT2D eigenvalue weighted by Crippen LogP contribution is -2.04. The van der Waals surface area contributed by atoms with Crippen LogP contribution in [0.4, 0.5) is 11.4 Å². The van der Waals surface area contributed by atoms with Crippen LogP contribution in [0.15, 0.2) is 52.3 Å². The number of nitrogens with two attached hydrogens (primary N) is 1. The smallest absolute Gasteiger partial charge is 0.0369 e. The molecule has 0 amide bonds. The Morgan fingerprint density at radius 2 is 1.68 bits per heavy atom. The molecule has 3 heteroatoms. The van der Waals surface area contributed by atoms with E-state index in [1.807, 2.05) is 19.2 Å². The summed E-state index contributed by atoms with van der Waals surface area (Å²) in [7, 11) is 1.92. The lowest BCUT2D eigenvalue weighted by atomic mass is 9.84. The van der Waals surface area contributed by atoms with Crippen molar-refractivity contribution in [3.8, 4) is 0 Å². The number of rotatable bonds is 4. The van der Waals surface area contributed by atoms with Crippen LogP contribution in [-0.4, -0.2) is 7.05 Å². The fraction of sp³-hybridized carbons (Fsp3) is 0.368. The normalized spacial score (nSPS) is 15.7. The number of hydrogen-bond donors (Lipinski definition) is 2. The van der Waals surface area contributed by atoms with Crippen LogP contribution in [0.25, 0.3) is 0 Å². The zero-order valence-electron chi connectivity index (χ0n) is 13.1. The number of nitrogens with one attached hydrogen (secondary N) is 1. The molecule has 1 aliphatic carbocycles. The third kappa shape index (κ3) is 3.77. The molecule has 0 unspecified atom stereocenters. The van der Waals surface area contributed by atoms with Crippen molar-refractivity contribution in [1.82, 2.24) is 0 Å². The van der Waals surface area contributed by atoms with Crippen LogP contribution in [0.2, 0.25) is 0 Å². The molecule has 0 heterocycles. The largest absolute Gasteiger partial charge is 0.399 e. The van der Waals surface area contributed by atoms with Crippen LogP contribution < -0.4 is 11.1 Å². The second-order valence-corrected chi connectivity index (χ2v) is 7.19. The van der Waals surface area contributed by atoms with E-state index in [0.717, 1.165) is 17.3 Å². The lowest BCUT2D eigenvalue weighted by molar-refractivity contribution is 0.443. The lowest BCUT2D eigenvalue weighted by Gasteiger charge is -2.22. The predicted octanol–water partition coefficient (Wildman–Crippen LogP) is 5.51. The van der Waals surface area contributed by atoms with Crippen molar-refractivity contribution >= 4 is 23.1 Å². The zero-order valence-corrected chi connectivity index (χ0v) is 14.0. The highest BCUT2D eigenvalue weighted by Crippen LogP contribution is 2.35. The van der Waals surface area contributed by atoms with Crippen molar-refractivity contribution in [2.45, 2.75) is 47.8 Å². The monoisotopic (exact) mass is 312 g/mol. The Kier molecular flexibility index (Phi) is 4.94. The molecule has 0 atom stereocenters. The summed E-state index contributed by atoms with van der Waals surface area (Å²) in [5.74, 6) is 0.774. The van der Waals surface area contributed by atoms with Crippen molar-refractivity contribution in [2.24, 2.45) is 0 Å². The van der Waals surface area contributed by atoms with Gasteiger partial charge in [0, 0.05) is 28.2 Å². The number of anilines is 2. The first kappa shape index (κ1) is 15.3. The summed E-state index contributed by atoms with van der Waals surface area (Å²) in [6, 6.07) is 15.2. The maximum atomic E-state index is 5.96. The van der Waals surface area contributed by atoms with E-state index in [1.165, 1.54) is 47.5 Å². The summed E-state index contributed by atoms with van der Waals surface area (Å²) >= 11 is 1.77. The molecule has 0 radical (unpaired) electrons. The van der Waals surface area contributed by atoms with Crippen LogP contribution in [0.3, 0.4) is 0 Å². The molecule has 0 aliphatic heterocycles. The van der Waals surface area contributed by atoms with E-state index in [1.54, 1.807) is 11.8 Å². The minimum absolute atomic E-state index is 0.774. The van der Waals surface area contributed by atoms with Gasteiger partial charge in [-0.25, -0.2) is 0 Å². The van der Waals surface area contributed by atoms with Gasteiger partial charge in [-0.2, -0.15) is 0 Å². The Morgan fingerprint density at radius 3 is 2.36 bits per heavy atom. The fourth-order valence-electron chi connectivity index (χ4n) is 3.21. The maximum Gasteiger partial charge on any atom is 0.0369 e. The topological polar surface area (TPSA) is 38.0 Å². The van der Waals surface area contributed by atoms with Crippen LogP contribution in [-0.2, 0) is 0 Å². The Labute approximate surface area is 137 Å². The van der Waals surface area contributed by atoms with Crippen molar-refractivity contribution in [3.05, 3.63) is 48.0 Å². The van der Waals surface area contributed by atoms with Gasteiger partial charge < -0.3 is 11.1 Å². The quantitative estimate of drug-likeness (QED) is 0.731. The second-order valence-electron chi connectivity index (χ2n) is 6.05. The molecular weight excluding hydrogens is 288 g/mol. The van der Waals surface area contributed by atoms with E-state index in [2.05, 4.69) is 35.6 Å². The highest BCUT2D eigenvalue weighted by Gasteiger charge is 2.15. The van der Waals surface area contributed by atoms with E-state index in [9.17, 15) is 0 Å². The van der Waals surface area contributed by atoms with Crippen LogP contribution in [0.5, 0.6) is 0 Å². The third-order valence-electron chi connectivity index (χ3n) is 4.41. The number of hydrogen-bond acceptors (Lipinski definition) is 3. The van der Waals surface area contributed by atoms with Gasteiger partial charge in [0.15, 0.2) is 0 Å². The zero-order chi connectivity index (χ0) is 15.4. The fourth-order valence-corrected chi connectivity index (χ4v) is 4.13. The molecule has 2 nitrogen and oxygen atoms in total. The van der Waals surface area contributed by atoms with Crippen molar-refractivity contribution in [2.75, 3.05) is 18.1 Å². The van der Waals surface area contributed by atoms with Crippen LogP contribution in [0.1, 0.15) is 43.6 Å². The van der Waals surface area contributed by atoms with Gasteiger partial charge in [-0.1, -0.05) is 43.2 Å². The second kappa shape index (κ2) is 7.10. The molecule has 3 N–H and O–H groups in total. The summed E-state index contributed by atoms with van der Waals surface area (Å²) in [5.41, 5.74) is 9.32. The predicted molar refractivity (Wildman–Crippen MR) is 96.8 cm³/mol. The Hall–Kier alpha value is -1.61. The SMILES string of the molecule is CNc1cc(N)cc(Sc2ccc(C3CCCCC3)cc2)c1. The highest BCUT2D eigenvalue weighted by molar-refractivity contribution is 7.99. The average Bonchev–Trinajstić information content (AvgIpc) is 2.56. The highest BCUT2D eigenvalue weighted by atomic mass is 32.2. The summed E-state index contributed by atoms with van der Waals surface area (Å²) in [5, 5.41) is 3.15. The van der Waals surface area contributed by atoms with Crippen molar-refractivity contribution < 1.29 is 0 Å². The molecule has 1 saturated carbocycles. The summed E-state index contributed by atoms with van der Waals surface area (Å²) in [6.45, 7) is 0. The Balaban J connectivity index is 1.71. The van der Waals surface area contributed by atoms with E-state index >= 15 is 0 Å². The summed E-state index contributed by atoms with van der Waals surface area (Å²) in [6.07, 6.45) is 6.89. The van der Waals surface area contributed by atoms with Gasteiger partial charge in [0.1, 0.15) is 0 Å². The van der Waals surface area contributed by atoms with E-state index < -0.39 is 0 Å². The molecule has 22 heavy (non-hydrogen) atoms. The van der Waals surface area contributed by atoms with Crippen molar-refractivity contribution in [1.29, 1.82) is 0 Å². The Bertz CT molecular complexity index is 616. The molecule has 0 saturated heterocycles.